The molecule has 2 aliphatic heterocycles. The number of β-lactam (4-membered cyclic amide) rings is 1. The van der Waals surface area contributed by atoms with Gasteiger partial charge >= 0.3 is 5.97 Å². The number of aliphatic carboxylic acids is 1. The quantitative estimate of drug-likeness (QED) is 0.189. The molecule has 0 spiro atoms. The zero-order valence-electron chi connectivity index (χ0n) is 14.1. The highest BCUT2D eigenvalue weighted by molar-refractivity contribution is 8.00. The summed E-state index contributed by atoms with van der Waals surface area (Å²) >= 11 is 2.31. The fraction of sp³-hybridized carbons (Fsp3) is 0.286. The third kappa shape index (κ3) is 3.38. The summed E-state index contributed by atoms with van der Waals surface area (Å²) < 4.78 is 0. The van der Waals surface area contributed by atoms with E-state index in [4.69, 9.17) is 15.8 Å². The molecule has 0 radical (unpaired) electrons. The van der Waals surface area contributed by atoms with Gasteiger partial charge in [0.1, 0.15) is 29.4 Å². The SMILES string of the molecule is C=NOCC1=C(C(=O)O)N2C(=O)C(NC(=O)C(=NO)c3csc(N)n3)[C@H]2SC1. The number of nitrogens with one attached hydrogen (secondary N) is 1. The van der Waals surface area contributed by atoms with Gasteiger partial charge in [-0.15, -0.1) is 28.3 Å². The largest absolute Gasteiger partial charge is 0.477 e. The number of hydrogen-bond acceptors (Lipinski definition) is 11. The van der Waals surface area contributed by atoms with Gasteiger partial charge in [0.05, 0.1) is 0 Å². The second-order valence-electron chi connectivity index (χ2n) is 5.54. The van der Waals surface area contributed by atoms with Gasteiger partial charge in [-0.3, -0.25) is 14.5 Å². The number of nitrogen functional groups attached to an aromatic ring is 1. The molecule has 0 bridgehead atoms. The molecule has 1 fully saturated rings. The maximum absolute atomic E-state index is 12.5. The molecule has 0 aliphatic carbocycles. The summed E-state index contributed by atoms with van der Waals surface area (Å²) in [5, 5.41) is 28.2. The maximum atomic E-state index is 12.5. The van der Waals surface area contributed by atoms with Gasteiger partial charge < -0.3 is 26.2 Å². The van der Waals surface area contributed by atoms with Crippen LogP contribution in [0, 0.1) is 0 Å². The predicted molar refractivity (Wildman–Crippen MR) is 100 cm³/mol. The highest BCUT2D eigenvalue weighted by atomic mass is 32.2. The van der Waals surface area contributed by atoms with E-state index in [0.29, 0.717) is 5.57 Å². The van der Waals surface area contributed by atoms with Gasteiger partial charge in [0.25, 0.3) is 11.8 Å². The van der Waals surface area contributed by atoms with Crippen LogP contribution in [0.25, 0.3) is 0 Å². The molecule has 3 rings (SSSR count). The number of aromatic nitrogens is 1. The minimum atomic E-state index is -1.29. The van der Waals surface area contributed by atoms with Crippen LogP contribution in [-0.2, 0) is 19.2 Å². The Balaban J connectivity index is 1.76. The molecular formula is C14H14N6O6S2. The normalized spacial score (nSPS) is 21.6. The van der Waals surface area contributed by atoms with E-state index in [1.54, 1.807) is 0 Å². The summed E-state index contributed by atoms with van der Waals surface area (Å²) in [6, 6.07) is -0.986. The molecule has 14 heteroatoms. The number of thiazole rings is 1. The number of rotatable bonds is 7. The first-order valence-electron chi connectivity index (χ1n) is 7.61. The standard InChI is InChI=1S/C14H14N6O6S2/c1-16-26-2-5-3-27-12-8(11(22)20(12)9(5)13(23)24)18-10(21)7(19-25)6-4-28-14(15)17-6/h4,8,12,25H,1-3H2,(H2,15,17)(H,18,21)(H,23,24)/t8?,12-/m1/s1. The van der Waals surface area contributed by atoms with Gasteiger partial charge in [0.2, 0.25) is 0 Å². The molecule has 0 saturated carbocycles. The molecule has 2 atom stereocenters. The Bertz CT molecular complexity index is 912. The average Bonchev–Trinajstić information content (AvgIpc) is 3.09. The van der Waals surface area contributed by atoms with Crippen LogP contribution < -0.4 is 11.1 Å². The van der Waals surface area contributed by atoms with E-state index in [2.05, 4.69) is 27.3 Å². The molecule has 1 saturated heterocycles. The molecule has 3 heterocycles. The molecule has 1 aromatic heterocycles. The lowest BCUT2D eigenvalue weighted by atomic mass is 10.0. The number of carbonyl (C=O) groups is 3. The summed E-state index contributed by atoms with van der Waals surface area (Å²) in [5.74, 6) is -2.47. The molecule has 5 N–H and O–H groups in total. The summed E-state index contributed by atoms with van der Waals surface area (Å²) in [7, 11) is 0. The van der Waals surface area contributed by atoms with Crippen LogP contribution in [0.3, 0.4) is 0 Å². The molecule has 148 valence electrons. The van der Waals surface area contributed by atoms with Crippen LogP contribution in [0.4, 0.5) is 5.13 Å². The molecular weight excluding hydrogens is 412 g/mol. The summed E-state index contributed by atoms with van der Waals surface area (Å²) in [5.41, 5.74) is 5.33. The van der Waals surface area contributed by atoms with E-state index in [9.17, 15) is 19.5 Å². The second kappa shape index (κ2) is 7.85. The third-order valence-corrected chi connectivity index (χ3v) is 5.96. The number of oxime groups is 2. The monoisotopic (exact) mass is 426 g/mol. The summed E-state index contributed by atoms with van der Waals surface area (Å²) in [6.07, 6.45) is 0. The van der Waals surface area contributed by atoms with Crippen molar-refractivity contribution in [3.05, 3.63) is 22.3 Å². The fourth-order valence-corrected chi connectivity index (χ4v) is 4.61. The van der Waals surface area contributed by atoms with E-state index in [1.807, 2.05) is 0 Å². The van der Waals surface area contributed by atoms with E-state index in [-0.39, 0.29) is 28.9 Å². The topological polar surface area (TPSA) is 180 Å². The van der Waals surface area contributed by atoms with Crippen LogP contribution >= 0.6 is 23.1 Å². The van der Waals surface area contributed by atoms with Crippen molar-refractivity contribution in [1.82, 2.24) is 15.2 Å². The summed E-state index contributed by atoms with van der Waals surface area (Å²) in [4.78, 5) is 46.3. The Kier molecular flexibility index (Phi) is 5.51. The van der Waals surface area contributed by atoms with Crippen molar-refractivity contribution >= 4 is 58.4 Å². The zero-order chi connectivity index (χ0) is 20.4. The van der Waals surface area contributed by atoms with E-state index in [1.165, 1.54) is 17.1 Å². The minimum Gasteiger partial charge on any atom is -0.477 e. The van der Waals surface area contributed by atoms with Crippen molar-refractivity contribution in [3.63, 3.8) is 0 Å². The molecule has 1 unspecified atom stereocenters. The highest BCUT2D eigenvalue weighted by Gasteiger charge is 2.54. The number of fused-ring (bicyclic) bond motifs is 1. The first kappa shape index (κ1) is 19.6. The average molecular weight is 426 g/mol. The molecule has 1 aromatic rings. The number of carboxylic acids is 1. The molecule has 0 aromatic carbocycles. The van der Waals surface area contributed by atoms with Gasteiger partial charge in [-0.25, -0.2) is 9.78 Å². The lowest BCUT2D eigenvalue weighted by Crippen LogP contribution is -2.71. The number of hydrogen-bond donors (Lipinski definition) is 4. The van der Waals surface area contributed by atoms with Crippen molar-refractivity contribution in [2.75, 3.05) is 18.1 Å². The van der Waals surface area contributed by atoms with E-state index >= 15 is 0 Å². The number of nitrogens with two attached hydrogens (primary N) is 1. The van der Waals surface area contributed by atoms with Gasteiger partial charge in [-0.1, -0.05) is 5.16 Å². The molecule has 2 amide bonds. The van der Waals surface area contributed by atoms with Crippen molar-refractivity contribution in [2.24, 2.45) is 10.3 Å². The van der Waals surface area contributed by atoms with Crippen molar-refractivity contribution in [1.29, 1.82) is 0 Å². The van der Waals surface area contributed by atoms with E-state index < -0.39 is 34.9 Å². The number of carbonyl (C=O) groups excluding carboxylic acids is 2. The Morgan fingerprint density at radius 3 is 2.86 bits per heavy atom. The lowest BCUT2D eigenvalue weighted by molar-refractivity contribution is -0.150. The number of anilines is 1. The number of amides is 2. The van der Waals surface area contributed by atoms with Crippen molar-refractivity contribution in [3.8, 4) is 0 Å². The molecule has 12 nitrogen and oxygen atoms in total. The van der Waals surface area contributed by atoms with Crippen LogP contribution in [0.1, 0.15) is 5.69 Å². The van der Waals surface area contributed by atoms with Crippen molar-refractivity contribution in [2.45, 2.75) is 11.4 Å². The van der Waals surface area contributed by atoms with Crippen molar-refractivity contribution < 1.29 is 29.5 Å². The highest BCUT2D eigenvalue weighted by Crippen LogP contribution is 2.40. The first-order chi connectivity index (χ1) is 13.4. The predicted octanol–water partition coefficient (Wildman–Crippen LogP) is -0.726. The van der Waals surface area contributed by atoms with E-state index in [0.717, 1.165) is 16.2 Å². The minimum absolute atomic E-state index is 0.0601. The van der Waals surface area contributed by atoms with Gasteiger partial charge in [-0.2, -0.15) is 0 Å². The van der Waals surface area contributed by atoms with Gasteiger partial charge in [0, 0.05) is 23.4 Å². The number of nitrogens with zero attached hydrogens (tertiary/aromatic N) is 4. The Hall–Kier alpha value is -3.13. The summed E-state index contributed by atoms with van der Waals surface area (Å²) in [6.45, 7) is 3.04. The smallest absolute Gasteiger partial charge is 0.352 e. The molecule has 28 heavy (non-hydrogen) atoms. The molecule has 2 aliphatic rings. The number of thioether (sulfide) groups is 1. The van der Waals surface area contributed by atoms with Crippen LogP contribution in [0.5, 0.6) is 0 Å². The fourth-order valence-electron chi connectivity index (χ4n) is 2.74. The first-order valence-corrected chi connectivity index (χ1v) is 9.54. The van der Waals surface area contributed by atoms with Crippen LogP contribution in [-0.4, -0.2) is 74.2 Å². The zero-order valence-corrected chi connectivity index (χ0v) is 15.7. The van der Waals surface area contributed by atoms with Gasteiger partial charge in [-0.05, 0) is 0 Å². The van der Waals surface area contributed by atoms with Gasteiger partial charge in [0.15, 0.2) is 10.8 Å². The van der Waals surface area contributed by atoms with Crippen LogP contribution in [0.2, 0.25) is 0 Å². The Morgan fingerprint density at radius 1 is 1.54 bits per heavy atom. The Morgan fingerprint density at radius 2 is 2.29 bits per heavy atom. The lowest BCUT2D eigenvalue weighted by Gasteiger charge is -2.49. The maximum Gasteiger partial charge on any atom is 0.352 e. The number of carboxylic acid groups (broad SMARTS) is 1. The van der Waals surface area contributed by atoms with Crippen LogP contribution in [0.15, 0.2) is 27.0 Å². The second-order valence-corrected chi connectivity index (χ2v) is 7.54. The Labute approximate surface area is 165 Å². The third-order valence-electron chi connectivity index (χ3n) is 3.95.